The predicted molar refractivity (Wildman–Crippen MR) is 67.5 cm³/mol. The highest BCUT2D eigenvalue weighted by Crippen LogP contribution is 2.39. The minimum absolute atomic E-state index is 0.0346. The summed E-state index contributed by atoms with van der Waals surface area (Å²) in [5, 5.41) is 9.02. The van der Waals surface area contributed by atoms with Crippen molar-refractivity contribution >= 4 is 5.69 Å². The third-order valence-electron chi connectivity index (χ3n) is 3.93. The van der Waals surface area contributed by atoms with Crippen LogP contribution in [-0.2, 0) is 17.5 Å². The van der Waals surface area contributed by atoms with Crippen LogP contribution in [0.15, 0.2) is 18.2 Å². The summed E-state index contributed by atoms with van der Waals surface area (Å²) in [7, 11) is 0. The normalized spacial score (nSPS) is 26.1. The second-order valence-corrected chi connectivity index (χ2v) is 5.37. The monoisotopic (exact) mass is 287 g/mol. The lowest BCUT2D eigenvalue weighted by atomic mass is 10.1. The van der Waals surface area contributed by atoms with Crippen LogP contribution in [0.25, 0.3) is 0 Å². The SMILES string of the molecule is OCc1ccc(N2CC3CCC(C2)O3)c(C(F)(F)F)c1. The van der Waals surface area contributed by atoms with Crippen molar-refractivity contribution in [2.24, 2.45) is 0 Å². The van der Waals surface area contributed by atoms with Gasteiger partial charge in [-0.2, -0.15) is 13.2 Å². The van der Waals surface area contributed by atoms with Crippen molar-refractivity contribution in [3.8, 4) is 0 Å². The van der Waals surface area contributed by atoms with Gasteiger partial charge in [-0.25, -0.2) is 0 Å². The van der Waals surface area contributed by atoms with Crippen molar-refractivity contribution in [1.29, 1.82) is 0 Å². The molecule has 0 aliphatic carbocycles. The molecule has 3 rings (SSSR count). The van der Waals surface area contributed by atoms with Crippen LogP contribution in [0.4, 0.5) is 18.9 Å². The molecule has 2 fully saturated rings. The van der Waals surface area contributed by atoms with Gasteiger partial charge in [-0.1, -0.05) is 6.07 Å². The molecule has 0 radical (unpaired) electrons. The molecule has 6 heteroatoms. The average Bonchev–Trinajstić information content (AvgIpc) is 2.76. The van der Waals surface area contributed by atoms with Gasteiger partial charge in [-0.05, 0) is 30.5 Å². The summed E-state index contributed by atoms with van der Waals surface area (Å²) in [6.45, 7) is 0.605. The van der Waals surface area contributed by atoms with Crippen molar-refractivity contribution in [3.63, 3.8) is 0 Å². The Morgan fingerprint density at radius 3 is 2.40 bits per heavy atom. The molecule has 0 aromatic heterocycles. The Hall–Kier alpha value is -1.27. The highest BCUT2D eigenvalue weighted by atomic mass is 19.4. The van der Waals surface area contributed by atoms with E-state index in [0.717, 1.165) is 18.9 Å². The molecule has 1 aromatic rings. The number of hydrogen-bond acceptors (Lipinski definition) is 3. The van der Waals surface area contributed by atoms with E-state index in [1.165, 1.54) is 6.07 Å². The predicted octanol–water partition coefficient (Wildman–Crippen LogP) is 2.57. The fourth-order valence-corrected chi connectivity index (χ4v) is 3.00. The topological polar surface area (TPSA) is 32.7 Å². The quantitative estimate of drug-likeness (QED) is 0.907. The van der Waals surface area contributed by atoms with E-state index in [0.29, 0.717) is 13.1 Å². The summed E-state index contributed by atoms with van der Waals surface area (Å²) >= 11 is 0. The van der Waals surface area contributed by atoms with Crippen LogP contribution in [0.3, 0.4) is 0 Å². The molecule has 2 atom stereocenters. The lowest BCUT2D eigenvalue weighted by molar-refractivity contribution is -0.137. The van der Waals surface area contributed by atoms with Gasteiger partial charge in [-0.3, -0.25) is 0 Å². The number of rotatable bonds is 2. The van der Waals surface area contributed by atoms with Crippen LogP contribution in [0.5, 0.6) is 0 Å². The van der Waals surface area contributed by atoms with E-state index in [2.05, 4.69) is 0 Å². The Labute approximate surface area is 115 Å². The molecule has 2 saturated heterocycles. The minimum Gasteiger partial charge on any atom is -0.392 e. The number of hydrogen-bond donors (Lipinski definition) is 1. The van der Waals surface area contributed by atoms with Crippen LogP contribution in [0.1, 0.15) is 24.0 Å². The van der Waals surface area contributed by atoms with E-state index < -0.39 is 18.3 Å². The van der Waals surface area contributed by atoms with Gasteiger partial charge in [0.2, 0.25) is 0 Å². The van der Waals surface area contributed by atoms with E-state index in [1.807, 2.05) is 0 Å². The number of aliphatic hydroxyl groups is 1. The number of nitrogens with zero attached hydrogens (tertiary/aromatic N) is 1. The van der Waals surface area contributed by atoms with E-state index >= 15 is 0 Å². The Morgan fingerprint density at radius 1 is 1.20 bits per heavy atom. The standard InChI is InChI=1S/C14H16F3NO2/c15-14(16,17)12-5-9(8-19)1-4-13(12)18-6-10-2-3-11(7-18)20-10/h1,4-5,10-11,19H,2-3,6-8H2. The maximum Gasteiger partial charge on any atom is 0.418 e. The zero-order chi connectivity index (χ0) is 14.3. The zero-order valence-corrected chi connectivity index (χ0v) is 10.9. The largest absolute Gasteiger partial charge is 0.418 e. The maximum absolute atomic E-state index is 13.2. The fourth-order valence-electron chi connectivity index (χ4n) is 3.00. The smallest absolute Gasteiger partial charge is 0.392 e. The summed E-state index contributed by atoms with van der Waals surface area (Å²) in [6, 6.07) is 4.04. The van der Waals surface area contributed by atoms with E-state index in [9.17, 15) is 13.2 Å². The van der Waals surface area contributed by atoms with Gasteiger partial charge in [0.1, 0.15) is 0 Å². The van der Waals surface area contributed by atoms with Crippen LogP contribution >= 0.6 is 0 Å². The van der Waals surface area contributed by atoms with Gasteiger partial charge >= 0.3 is 6.18 Å². The molecule has 20 heavy (non-hydrogen) atoms. The second-order valence-electron chi connectivity index (χ2n) is 5.37. The third kappa shape index (κ3) is 2.50. The molecule has 1 aromatic carbocycles. The van der Waals surface area contributed by atoms with Crippen molar-refractivity contribution in [2.75, 3.05) is 18.0 Å². The maximum atomic E-state index is 13.2. The van der Waals surface area contributed by atoms with Crippen LogP contribution in [0, 0.1) is 0 Å². The van der Waals surface area contributed by atoms with Crippen LogP contribution in [-0.4, -0.2) is 30.4 Å². The molecular weight excluding hydrogens is 271 g/mol. The van der Waals surface area contributed by atoms with Gasteiger partial charge < -0.3 is 14.7 Å². The number of halogens is 3. The van der Waals surface area contributed by atoms with Gasteiger partial charge in [0.05, 0.1) is 24.4 Å². The average molecular weight is 287 g/mol. The molecule has 2 aliphatic heterocycles. The van der Waals surface area contributed by atoms with Gasteiger partial charge in [0, 0.05) is 18.8 Å². The zero-order valence-electron chi connectivity index (χ0n) is 10.9. The number of fused-ring (bicyclic) bond motifs is 2. The van der Waals surface area contributed by atoms with Gasteiger partial charge in [-0.15, -0.1) is 0 Å². The number of alkyl halides is 3. The molecule has 2 heterocycles. The summed E-state index contributed by atoms with van der Waals surface area (Å²) in [5.74, 6) is 0. The molecule has 0 spiro atoms. The van der Waals surface area contributed by atoms with Crippen molar-refractivity contribution in [3.05, 3.63) is 29.3 Å². The Morgan fingerprint density at radius 2 is 1.85 bits per heavy atom. The van der Waals surface area contributed by atoms with Crippen LogP contribution < -0.4 is 4.90 Å². The van der Waals surface area contributed by atoms with E-state index in [1.54, 1.807) is 11.0 Å². The molecule has 2 unspecified atom stereocenters. The lowest BCUT2D eigenvalue weighted by Gasteiger charge is -2.35. The fraction of sp³-hybridized carbons (Fsp3) is 0.571. The minimum atomic E-state index is -4.42. The van der Waals surface area contributed by atoms with Crippen molar-refractivity contribution in [1.82, 2.24) is 0 Å². The summed E-state index contributed by atoms with van der Waals surface area (Å²) in [4.78, 5) is 1.76. The second kappa shape index (κ2) is 4.93. The molecule has 1 N–H and O–H groups in total. The number of ether oxygens (including phenoxy) is 1. The number of benzene rings is 1. The molecule has 2 aliphatic rings. The number of anilines is 1. The first-order chi connectivity index (χ1) is 9.47. The Balaban J connectivity index is 1.96. The van der Waals surface area contributed by atoms with Gasteiger partial charge in [0.15, 0.2) is 0 Å². The Bertz CT molecular complexity index is 492. The molecule has 2 bridgehead atoms. The highest BCUT2D eigenvalue weighted by Gasteiger charge is 2.39. The number of morpholine rings is 1. The molecule has 110 valence electrons. The first-order valence-corrected chi connectivity index (χ1v) is 6.69. The molecule has 0 saturated carbocycles. The molecule has 3 nitrogen and oxygen atoms in total. The summed E-state index contributed by atoms with van der Waals surface area (Å²) < 4.78 is 45.2. The van der Waals surface area contributed by atoms with Crippen molar-refractivity contribution in [2.45, 2.75) is 37.8 Å². The van der Waals surface area contributed by atoms with Gasteiger partial charge in [0.25, 0.3) is 0 Å². The van der Waals surface area contributed by atoms with E-state index in [-0.39, 0.29) is 23.5 Å². The van der Waals surface area contributed by atoms with Crippen LogP contribution in [0.2, 0.25) is 0 Å². The first-order valence-electron chi connectivity index (χ1n) is 6.69. The Kier molecular flexibility index (Phi) is 3.38. The van der Waals surface area contributed by atoms with Crippen molar-refractivity contribution < 1.29 is 23.0 Å². The summed E-state index contributed by atoms with van der Waals surface area (Å²) in [6.07, 6.45) is -2.52. The first kappa shape index (κ1) is 13.7. The molecule has 0 amide bonds. The molecular formula is C14H16F3NO2. The van der Waals surface area contributed by atoms with E-state index in [4.69, 9.17) is 9.84 Å². The lowest BCUT2D eigenvalue weighted by Crippen LogP contribution is -2.43. The highest BCUT2D eigenvalue weighted by molar-refractivity contribution is 5.57. The summed E-state index contributed by atoms with van der Waals surface area (Å²) in [5.41, 5.74) is -0.211. The number of aliphatic hydroxyl groups excluding tert-OH is 1. The third-order valence-corrected chi connectivity index (χ3v) is 3.93.